The zero-order valence-electron chi connectivity index (χ0n) is 29.2. The van der Waals surface area contributed by atoms with Crippen LogP contribution in [-0.4, -0.2) is 41.5 Å². The lowest BCUT2D eigenvalue weighted by atomic mass is 10.1. The fourth-order valence-corrected chi connectivity index (χ4v) is 7.27. The molecule has 1 aromatic heterocycles. The van der Waals surface area contributed by atoms with Gasteiger partial charge in [-0.2, -0.15) is 0 Å². The van der Waals surface area contributed by atoms with Crippen molar-refractivity contribution in [3.05, 3.63) is 147 Å². The van der Waals surface area contributed by atoms with Crippen molar-refractivity contribution in [1.82, 2.24) is 5.32 Å². The average molecular weight is 785 g/mol. The Hall–Kier alpha value is -5.76. The van der Waals surface area contributed by atoms with Crippen molar-refractivity contribution in [3.8, 4) is 0 Å². The lowest BCUT2D eigenvalue weighted by molar-refractivity contribution is -0.115. The van der Waals surface area contributed by atoms with Crippen LogP contribution in [0.2, 0.25) is 5.02 Å². The minimum atomic E-state index is -0.752. The normalized spacial score (nSPS) is 11.6. The van der Waals surface area contributed by atoms with Crippen LogP contribution < -0.4 is 21.3 Å². The van der Waals surface area contributed by atoms with Crippen molar-refractivity contribution in [1.29, 1.82) is 0 Å². The zero-order valence-corrected chi connectivity index (χ0v) is 31.6. The fourth-order valence-electron chi connectivity index (χ4n) is 5.03. The first-order chi connectivity index (χ1) is 25.9. The molecule has 14 heteroatoms. The molecule has 0 radical (unpaired) electrons. The molecule has 0 bridgehead atoms. The summed E-state index contributed by atoms with van der Waals surface area (Å²) in [7, 11) is 0. The van der Waals surface area contributed by atoms with E-state index in [9.17, 15) is 28.4 Å². The number of hydrogen-bond donors (Lipinski definition) is 4. The fraction of sp³-hybridized carbons (Fsp3) is 0.125. The van der Waals surface area contributed by atoms with Gasteiger partial charge >= 0.3 is 5.97 Å². The molecule has 0 aliphatic carbocycles. The quantitative estimate of drug-likeness (QED) is 0.0531. The van der Waals surface area contributed by atoms with Gasteiger partial charge in [0.05, 0.1) is 27.3 Å². The number of benzene rings is 4. The second-order valence-corrected chi connectivity index (χ2v) is 14.4. The van der Waals surface area contributed by atoms with Crippen molar-refractivity contribution >= 4 is 86.7 Å². The highest BCUT2D eigenvalue weighted by Crippen LogP contribution is 2.36. The van der Waals surface area contributed by atoms with Gasteiger partial charge in [-0.25, -0.2) is 9.18 Å². The first kappa shape index (κ1) is 39.4. The lowest BCUT2D eigenvalue weighted by Crippen LogP contribution is -2.30. The molecule has 1 unspecified atom stereocenters. The number of esters is 1. The molecule has 5 aromatic rings. The highest BCUT2D eigenvalue weighted by atomic mass is 35.5. The number of hydrogen-bond acceptors (Lipinski definition) is 8. The van der Waals surface area contributed by atoms with Gasteiger partial charge in [-0.3, -0.25) is 19.2 Å². The summed E-state index contributed by atoms with van der Waals surface area (Å²) in [4.78, 5) is 67.1. The van der Waals surface area contributed by atoms with Gasteiger partial charge in [0.15, 0.2) is 0 Å². The second kappa shape index (κ2) is 18.3. The van der Waals surface area contributed by atoms with E-state index in [2.05, 4.69) is 21.3 Å². The van der Waals surface area contributed by atoms with Gasteiger partial charge in [0.2, 0.25) is 5.91 Å². The smallest absolute Gasteiger partial charge is 0.341 e. The number of para-hydroxylation sites is 1. The number of thiophene rings is 1. The van der Waals surface area contributed by atoms with Crippen LogP contribution in [0.1, 0.15) is 55.4 Å². The monoisotopic (exact) mass is 784 g/mol. The Bertz CT molecular complexity index is 2210. The summed E-state index contributed by atoms with van der Waals surface area (Å²) in [5.41, 5.74) is 1.29. The van der Waals surface area contributed by atoms with Crippen LogP contribution in [0, 0.1) is 12.7 Å². The average Bonchev–Trinajstić information content (AvgIpc) is 3.48. The Kier molecular flexibility index (Phi) is 13.4. The largest absolute Gasteiger partial charge is 0.462 e. The van der Waals surface area contributed by atoms with Gasteiger partial charge in [-0.15, -0.1) is 23.1 Å². The molecule has 0 spiro atoms. The molecule has 0 aliphatic heterocycles. The highest BCUT2D eigenvalue weighted by molar-refractivity contribution is 8.00. The van der Waals surface area contributed by atoms with Crippen molar-refractivity contribution < 1.29 is 33.1 Å². The summed E-state index contributed by atoms with van der Waals surface area (Å²) in [6, 6.07) is 27.8. The summed E-state index contributed by atoms with van der Waals surface area (Å²) >= 11 is 8.37. The molecule has 276 valence electrons. The van der Waals surface area contributed by atoms with Crippen LogP contribution in [-0.2, 0) is 14.3 Å². The van der Waals surface area contributed by atoms with Crippen LogP contribution in [0.4, 0.5) is 20.8 Å². The topological polar surface area (TPSA) is 143 Å². The minimum absolute atomic E-state index is 0.0404. The maximum atomic E-state index is 14.7. The van der Waals surface area contributed by atoms with E-state index in [0.717, 1.165) is 17.4 Å². The van der Waals surface area contributed by atoms with E-state index in [4.69, 9.17) is 16.3 Å². The minimum Gasteiger partial charge on any atom is -0.462 e. The van der Waals surface area contributed by atoms with E-state index in [1.54, 1.807) is 99.6 Å². The first-order valence-electron chi connectivity index (χ1n) is 16.5. The first-order valence-corrected chi connectivity index (χ1v) is 18.6. The van der Waals surface area contributed by atoms with E-state index in [0.29, 0.717) is 21.8 Å². The van der Waals surface area contributed by atoms with Crippen LogP contribution in [0.15, 0.2) is 114 Å². The number of carbonyl (C=O) groups excluding carboxylic acids is 5. The molecule has 1 atom stereocenters. The molecule has 10 nitrogen and oxygen atoms in total. The predicted octanol–water partition coefficient (Wildman–Crippen LogP) is 8.81. The molecule has 0 saturated carbocycles. The summed E-state index contributed by atoms with van der Waals surface area (Å²) in [6.45, 7) is 5.04. The van der Waals surface area contributed by atoms with Crippen molar-refractivity contribution in [2.75, 3.05) is 22.6 Å². The number of nitrogens with one attached hydrogen (secondary N) is 4. The number of amides is 4. The van der Waals surface area contributed by atoms with Gasteiger partial charge in [-0.1, -0.05) is 60.1 Å². The lowest BCUT2D eigenvalue weighted by Gasteiger charge is -2.14. The van der Waals surface area contributed by atoms with E-state index < -0.39 is 40.7 Å². The van der Waals surface area contributed by atoms with Crippen LogP contribution in [0.3, 0.4) is 0 Å². The van der Waals surface area contributed by atoms with E-state index in [1.807, 2.05) is 6.07 Å². The maximum Gasteiger partial charge on any atom is 0.341 e. The van der Waals surface area contributed by atoms with E-state index in [1.165, 1.54) is 30.0 Å². The summed E-state index contributed by atoms with van der Waals surface area (Å²) in [5, 5.41) is 10.4. The Morgan fingerprint density at radius 2 is 1.52 bits per heavy atom. The van der Waals surface area contributed by atoms with E-state index in [-0.39, 0.29) is 43.9 Å². The summed E-state index contributed by atoms with van der Waals surface area (Å²) < 4.78 is 20.0. The number of rotatable bonds is 13. The summed E-state index contributed by atoms with van der Waals surface area (Å²) in [5.74, 6) is -3.60. The van der Waals surface area contributed by atoms with Crippen molar-refractivity contribution in [3.63, 3.8) is 0 Å². The maximum absolute atomic E-state index is 14.7. The molecule has 54 heavy (non-hydrogen) atoms. The third-order valence-electron chi connectivity index (χ3n) is 7.69. The molecule has 4 N–H and O–H groups in total. The number of carbonyl (C=O) groups is 5. The molecule has 4 aromatic carbocycles. The third-order valence-corrected chi connectivity index (χ3v) is 10.3. The molecule has 0 aliphatic rings. The second-order valence-electron chi connectivity index (χ2n) is 11.5. The van der Waals surface area contributed by atoms with Crippen LogP contribution in [0.25, 0.3) is 6.08 Å². The van der Waals surface area contributed by atoms with E-state index >= 15 is 0 Å². The molecular formula is C40H34ClFN4O6S2. The Morgan fingerprint density at radius 1 is 0.852 bits per heavy atom. The predicted molar refractivity (Wildman–Crippen MR) is 212 cm³/mol. The SMILES string of the molecule is CCOC(=O)c1c(NC(=O)C(C)Sc2cccc(NC(=O)/C(=C\c3c(F)cccc3Cl)NC(=O)c3ccccc3)c2)sc(C(=O)Nc2ccccc2)c1C. The van der Waals surface area contributed by atoms with Crippen molar-refractivity contribution in [2.24, 2.45) is 0 Å². The van der Waals surface area contributed by atoms with Gasteiger partial charge < -0.3 is 26.0 Å². The zero-order chi connectivity index (χ0) is 38.8. The van der Waals surface area contributed by atoms with Crippen molar-refractivity contribution in [2.45, 2.75) is 30.9 Å². The number of anilines is 3. The highest BCUT2D eigenvalue weighted by Gasteiger charge is 2.28. The third kappa shape index (κ3) is 10.0. The number of ether oxygens (including phenoxy) is 1. The molecular weight excluding hydrogens is 751 g/mol. The van der Waals surface area contributed by atoms with Gasteiger partial charge in [0.1, 0.15) is 16.5 Å². The van der Waals surface area contributed by atoms with Gasteiger partial charge in [0, 0.05) is 27.4 Å². The molecule has 0 fully saturated rings. The molecule has 1 heterocycles. The number of thioether (sulfide) groups is 1. The number of halogens is 2. The molecule has 4 amide bonds. The molecule has 5 rings (SSSR count). The Balaban J connectivity index is 1.32. The summed E-state index contributed by atoms with van der Waals surface area (Å²) in [6.07, 6.45) is 1.16. The van der Waals surface area contributed by atoms with Gasteiger partial charge in [-0.05, 0) is 87.0 Å². The Morgan fingerprint density at radius 3 is 2.20 bits per heavy atom. The standard InChI is InChI=1S/C40H34ClFN4O6S2/c1-4-52-40(51)33-23(2)34(38(50)43-26-15-9-6-10-16-26)54-39(33)46-35(47)24(3)53-28-18-11-17-27(21-28)44-37(49)32(22-29-30(41)19-12-20-31(29)42)45-36(48)25-13-7-5-8-14-25/h5-22,24H,4H2,1-3H3,(H,43,50)(H,44,49)(H,45,48)(H,46,47)/b32-22+. The van der Waals surface area contributed by atoms with Crippen LogP contribution >= 0.6 is 34.7 Å². The molecule has 0 saturated heterocycles. The van der Waals surface area contributed by atoms with Gasteiger partial charge in [0.25, 0.3) is 17.7 Å². The Labute approximate surface area is 324 Å². The van der Waals surface area contributed by atoms with Crippen LogP contribution in [0.5, 0.6) is 0 Å².